The molecule has 1 rings (SSSR count). The number of nitrogens with zero attached hydrogens (tertiary/aromatic N) is 1. The molecule has 104 valence electrons. The quantitative estimate of drug-likeness (QED) is 0.619. The van der Waals surface area contributed by atoms with E-state index in [1.54, 1.807) is 0 Å². The van der Waals surface area contributed by atoms with Gasteiger partial charge in [-0.25, -0.2) is 0 Å². The normalized spacial score (nSPS) is 18.4. The van der Waals surface area contributed by atoms with Gasteiger partial charge < -0.3 is 0 Å². The monoisotopic (exact) mass is 258 g/mol. The predicted octanol–water partition coefficient (Wildman–Crippen LogP) is 5.61. The zero-order valence-corrected chi connectivity index (χ0v) is 13.5. The Hall–Kier alpha value is -1.29. The molecular formula is C18H28N+. The van der Waals surface area contributed by atoms with E-state index in [2.05, 4.69) is 82.8 Å². The first-order valence-corrected chi connectivity index (χ1v) is 7.06. The molecule has 0 aromatic carbocycles. The second kappa shape index (κ2) is 5.37. The van der Waals surface area contributed by atoms with Crippen LogP contribution in [0.2, 0.25) is 0 Å². The van der Waals surface area contributed by atoms with Crippen LogP contribution in [0.25, 0.3) is 4.85 Å². The van der Waals surface area contributed by atoms with Gasteiger partial charge in [-0.05, 0) is 11.0 Å². The van der Waals surface area contributed by atoms with Crippen LogP contribution in [0.3, 0.4) is 0 Å². The number of hydrogen-bond donors (Lipinski definition) is 0. The highest BCUT2D eigenvalue weighted by Gasteiger charge is 2.37. The molecule has 0 radical (unpaired) electrons. The standard InChI is InChI=1S/C18H28N/c1-8-19-18(6,7)14-17(4,5)15-10-9-12-16(2,3)13-11-15/h9-13H,14H2,1-7H3/q+1. The Labute approximate surface area is 118 Å². The van der Waals surface area contributed by atoms with Gasteiger partial charge >= 0.3 is 0 Å². The van der Waals surface area contributed by atoms with Crippen molar-refractivity contribution in [1.29, 1.82) is 0 Å². The molecule has 0 saturated heterocycles. The van der Waals surface area contributed by atoms with Gasteiger partial charge in [-0.2, -0.15) is 0 Å². The van der Waals surface area contributed by atoms with Gasteiger partial charge in [0.05, 0.1) is 6.92 Å². The first kappa shape index (κ1) is 15.8. The second-order valence-electron chi connectivity index (χ2n) is 7.34. The van der Waals surface area contributed by atoms with Gasteiger partial charge in [-0.15, -0.1) is 0 Å². The lowest BCUT2D eigenvalue weighted by Gasteiger charge is -2.28. The van der Waals surface area contributed by atoms with Crippen molar-refractivity contribution >= 4 is 0 Å². The Kier molecular flexibility index (Phi) is 4.46. The highest BCUT2D eigenvalue weighted by atomic mass is 14.8. The Morgan fingerprint density at radius 2 is 1.79 bits per heavy atom. The fourth-order valence-corrected chi connectivity index (χ4v) is 2.79. The van der Waals surface area contributed by atoms with E-state index in [-0.39, 0.29) is 16.4 Å². The van der Waals surface area contributed by atoms with Crippen LogP contribution in [0.1, 0.15) is 54.9 Å². The Morgan fingerprint density at radius 3 is 2.37 bits per heavy atom. The summed E-state index contributed by atoms with van der Waals surface area (Å²) < 4.78 is 0. The molecule has 1 heteroatoms. The van der Waals surface area contributed by atoms with Crippen LogP contribution in [-0.4, -0.2) is 5.54 Å². The van der Waals surface area contributed by atoms with Crippen LogP contribution in [0.5, 0.6) is 0 Å². The molecule has 0 heterocycles. The minimum Gasteiger partial charge on any atom is -0.0781 e. The molecule has 0 N–H and O–H groups in total. The molecule has 0 bridgehead atoms. The van der Waals surface area contributed by atoms with Gasteiger partial charge in [0, 0.05) is 25.7 Å². The van der Waals surface area contributed by atoms with Gasteiger partial charge in [0.25, 0.3) is 11.6 Å². The minimum atomic E-state index is -0.0710. The molecule has 0 aliphatic heterocycles. The summed E-state index contributed by atoms with van der Waals surface area (Å²) in [6, 6.07) is 2.93. The highest BCUT2D eigenvalue weighted by molar-refractivity contribution is 5.35. The molecule has 0 aromatic rings. The van der Waals surface area contributed by atoms with E-state index in [1.165, 1.54) is 5.57 Å². The van der Waals surface area contributed by atoms with Crippen LogP contribution >= 0.6 is 0 Å². The van der Waals surface area contributed by atoms with E-state index in [9.17, 15) is 0 Å². The average Bonchev–Trinajstić information content (AvgIpc) is 2.37. The molecule has 19 heavy (non-hydrogen) atoms. The maximum atomic E-state index is 4.47. The Balaban J connectivity index is 2.98. The second-order valence-corrected chi connectivity index (χ2v) is 7.34. The van der Waals surface area contributed by atoms with Crippen LogP contribution in [-0.2, 0) is 0 Å². The lowest BCUT2D eigenvalue weighted by Crippen LogP contribution is -2.26. The number of allylic oxidation sites excluding steroid dienone is 6. The highest BCUT2D eigenvalue weighted by Crippen LogP contribution is 2.39. The average molecular weight is 258 g/mol. The summed E-state index contributed by atoms with van der Waals surface area (Å²) >= 11 is 0. The van der Waals surface area contributed by atoms with E-state index in [1.807, 2.05) is 6.92 Å². The van der Waals surface area contributed by atoms with Crippen molar-refractivity contribution in [2.45, 2.75) is 60.4 Å². The summed E-state index contributed by atoms with van der Waals surface area (Å²) in [5, 5.41) is 0. The van der Waals surface area contributed by atoms with Crippen molar-refractivity contribution in [2.24, 2.45) is 10.8 Å². The lowest BCUT2D eigenvalue weighted by molar-refractivity contribution is 0.344. The van der Waals surface area contributed by atoms with Crippen LogP contribution in [0.15, 0.2) is 36.0 Å². The fourth-order valence-electron chi connectivity index (χ4n) is 2.79. The maximum Gasteiger partial charge on any atom is 0.276 e. The summed E-state index contributed by atoms with van der Waals surface area (Å²) in [6.45, 7) is 15.3. The third kappa shape index (κ3) is 4.71. The van der Waals surface area contributed by atoms with Gasteiger partial charge in [0.2, 0.25) is 0 Å². The molecule has 1 aliphatic carbocycles. The zero-order chi connectivity index (χ0) is 14.7. The predicted molar refractivity (Wildman–Crippen MR) is 85.5 cm³/mol. The van der Waals surface area contributed by atoms with E-state index in [0.717, 1.165) is 6.42 Å². The lowest BCUT2D eigenvalue weighted by atomic mass is 9.74. The molecule has 0 aromatic heterocycles. The van der Waals surface area contributed by atoms with Crippen LogP contribution < -0.4 is 0 Å². The summed E-state index contributed by atoms with van der Waals surface area (Å²) in [4.78, 5) is 4.47. The summed E-state index contributed by atoms with van der Waals surface area (Å²) in [5.74, 6) is 0. The van der Waals surface area contributed by atoms with Crippen molar-refractivity contribution in [3.8, 4) is 6.07 Å². The van der Waals surface area contributed by atoms with Crippen molar-refractivity contribution in [2.75, 3.05) is 0 Å². The molecule has 1 nitrogen and oxygen atoms in total. The van der Waals surface area contributed by atoms with E-state index < -0.39 is 0 Å². The number of rotatable bonds is 3. The van der Waals surface area contributed by atoms with E-state index in [4.69, 9.17) is 0 Å². The van der Waals surface area contributed by atoms with Crippen molar-refractivity contribution in [3.05, 3.63) is 40.8 Å². The van der Waals surface area contributed by atoms with Gasteiger partial charge in [-0.3, -0.25) is 0 Å². The molecule has 0 unspecified atom stereocenters. The Bertz CT molecular complexity index is 474. The van der Waals surface area contributed by atoms with Gasteiger partial charge in [0.15, 0.2) is 0 Å². The van der Waals surface area contributed by atoms with Gasteiger partial charge in [-0.1, -0.05) is 62.9 Å². The first-order chi connectivity index (χ1) is 8.58. The third-order valence-electron chi connectivity index (χ3n) is 3.56. The van der Waals surface area contributed by atoms with Crippen molar-refractivity contribution < 1.29 is 0 Å². The fraction of sp³-hybridized carbons (Fsp3) is 0.611. The topological polar surface area (TPSA) is 4.36 Å². The number of hydrogen-bond acceptors (Lipinski definition) is 0. The summed E-state index contributed by atoms with van der Waals surface area (Å²) in [7, 11) is 0. The SMILES string of the molecule is CC#[N+]C(C)(C)CC(C)(C)C1=CC=CC(C)(C)C=C1. The first-order valence-electron chi connectivity index (χ1n) is 7.06. The zero-order valence-electron chi connectivity index (χ0n) is 13.5. The summed E-state index contributed by atoms with van der Waals surface area (Å²) in [6.07, 6.45) is 12.2. The van der Waals surface area contributed by atoms with Crippen LogP contribution in [0.4, 0.5) is 0 Å². The van der Waals surface area contributed by atoms with Gasteiger partial charge in [0.1, 0.15) is 0 Å². The molecule has 0 amide bonds. The van der Waals surface area contributed by atoms with E-state index in [0.29, 0.717) is 0 Å². The molecule has 0 atom stereocenters. The van der Waals surface area contributed by atoms with Crippen molar-refractivity contribution in [1.82, 2.24) is 0 Å². The maximum absolute atomic E-state index is 4.47. The van der Waals surface area contributed by atoms with Crippen molar-refractivity contribution in [3.63, 3.8) is 0 Å². The molecule has 0 spiro atoms. The molecular weight excluding hydrogens is 230 g/mol. The molecule has 0 fully saturated rings. The summed E-state index contributed by atoms with van der Waals surface area (Å²) in [5.41, 5.74) is 1.54. The van der Waals surface area contributed by atoms with E-state index >= 15 is 0 Å². The molecule has 0 saturated carbocycles. The van der Waals surface area contributed by atoms with Crippen LogP contribution in [0, 0.1) is 16.9 Å². The minimum absolute atomic E-state index is 0.0710. The molecule has 1 aliphatic rings. The largest absolute Gasteiger partial charge is 0.276 e. The Morgan fingerprint density at radius 1 is 1.16 bits per heavy atom. The third-order valence-corrected chi connectivity index (χ3v) is 3.56. The smallest absolute Gasteiger partial charge is 0.0781 e.